The molecule has 0 amide bonds. The minimum absolute atomic E-state index is 0. The molecule has 0 radical (unpaired) electrons. The van der Waals surface area contributed by atoms with Crippen LogP contribution in [0.2, 0.25) is 0 Å². The van der Waals surface area contributed by atoms with Gasteiger partial charge in [0.2, 0.25) is 0 Å². The summed E-state index contributed by atoms with van der Waals surface area (Å²) in [7, 11) is -1.67. The van der Waals surface area contributed by atoms with Crippen LogP contribution in [0, 0.1) is 0 Å². The van der Waals surface area contributed by atoms with Gasteiger partial charge in [-0.2, -0.15) is 0 Å². The van der Waals surface area contributed by atoms with Crippen molar-refractivity contribution in [1.29, 1.82) is 0 Å². The van der Waals surface area contributed by atoms with Crippen molar-refractivity contribution in [3.63, 3.8) is 0 Å². The van der Waals surface area contributed by atoms with E-state index in [2.05, 4.69) is 0 Å². The van der Waals surface area contributed by atoms with Crippen LogP contribution in [0.15, 0.2) is 0 Å². The van der Waals surface area contributed by atoms with Crippen LogP contribution in [-0.2, 0) is 9.13 Å². The molecule has 0 fully saturated rings. The van der Waals surface area contributed by atoms with Crippen LogP contribution in [0.5, 0.6) is 0 Å². The Morgan fingerprint density at radius 1 is 1.00 bits per heavy atom. The Bertz CT molecular complexity index is 30.7. The third-order valence-corrected chi connectivity index (χ3v) is 0. The molecule has 0 atom stereocenters. The molecule has 2 N–H and O–H groups in total. The van der Waals surface area contributed by atoms with Crippen molar-refractivity contribution in [1.82, 2.24) is 0 Å². The van der Waals surface area contributed by atoms with Gasteiger partial charge in [0.25, 0.3) is 0 Å². The maximum atomic E-state index is 8.46. The van der Waals surface area contributed by atoms with Gasteiger partial charge in [0.15, 0.2) is 0 Å². The number of hydrogen-bond acceptors (Lipinski definition) is 2. The summed E-state index contributed by atoms with van der Waals surface area (Å²) in [5.74, 6) is 0. The van der Waals surface area contributed by atoms with Gasteiger partial charge in [-0.1, -0.05) is 0 Å². The van der Waals surface area contributed by atoms with Crippen molar-refractivity contribution in [2.75, 3.05) is 0 Å². The van der Waals surface area contributed by atoms with Gasteiger partial charge in [-0.15, -0.1) is 0 Å². The van der Waals surface area contributed by atoms with E-state index in [-0.39, 0.29) is 48.9 Å². The average molecular weight is 265 g/mol. The second kappa shape index (κ2) is 25.3. The second-order valence-electron chi connectivity index (χ2n) is 0.163. The molecule has 0 aromatic heterocycles. The van der Waals surface area contributed by atoms with Crippen molar-refractivity contribution < 1.29 is 18.9 Å². The molecule has 0 rings (SSSR count). The summed E-state index contributed by atoms with van der Waals surface area (Å²) in [5, 5.41) is 0. The van der Waals surface area contributed by atoms with E-state index < -0.39 is 17.4 Å². The standard InChI is InChI=1S/Ba.2HO2P/c;2*1-3-2/h;2*(H,1,2)/q+2;;. The summed E-state index contributed by atoms with van der Waals surface area (Å²) >= 11 is 0. The molecule has 0 saturated heterocycles. The third-order valence-electron chi connectivity index (χ3n) is 0. The van der Waals surface area contributed by atoms with E-state index in [1.165, 1.54) is 0 Å². The molecule has 36 valence electrons. The van der Waals surface area contributed by atoms with Gasteiger partial charge in [-0.25, -0.2) is 9.13 Å². The molecule has 0 aliphatic carbocycles. The minimum Gasteiger partial charge on any atom is -0.310 e. The average Bonchev–Trinajstić information content (AvgIpc) is 1.39. The molecular weight excluding hydrogens is 263 g/mol. The van der Waals surface area contributed by atoms with Gasteiger partial charge in [0.1, 0.15) is 0 Å². The quantitative estimate of drug-likeness (QED) is 0.477. The monoisotopic (exact) mass is 266 g/mol. The molecule has 0 aromatic rings. The Morgan fingerprint density at radius 3 is 1.00 bits per heavy atom. The van der Waals surface area contributed by atoms with E-state index in [0.717, 1.165) is 0 Å². The van der Waals surface area contributed by atoms with Gasteiger partial charge in [0.05, 0.1) is 0 Å². The first-order valence-corrected chi connectivity index (χ1v) is 2.30. The van der Waals surface area contributed by atoms with E-state index in [4.69, 9.17) is 18.9 Å². The van der Waals surface area contributed by atoms with Gasteiger partial charge in [-0.05, 0) is 0 Å². The number of rotatable bonds is 0. The SMILES string of the molecule is O=PO.O=PO.[Ba+2]. The first kappa shape index (κ1) is 15.9. The van der Waals surface area contributed by atoms with Crippen LogP contribution >= 0.6 is 17.4 Å². The van der Waals surface area contributed by atoms with Gasteiger partial charge in [0, 0.05) is 0 Å². The molecule has 7 heteroatoms. The Hall–Kier alpha value is 1.69. The topological polar surface area (TPSA) is 74.6 Å². The van der Waals surface area contributed by atoms with Crippen LogP contribution in [0.4, 0.5) is 0 Å². The molecule has 0 heterocycles. The molecule has 0 aliphatic heterocycles. The van der Waals surface area contributed by atoms with Gasteiger partial charge >= 0.3 is 66.3 Å². The predicted molar refractivity (Wildman–Crippen MR) is 25.4 cm³/mol. The van der Waals surface area contributed by atoms with Crippen LogP contribution < -0.4 is 0 Å². The fourth-order valence-corrected chi connectivity index (χ4v) is 0. The molecule has 0 bridgehead atoms. The predicted octanol–water partition coefficient (Wildman–Crippen LogP) is -0.0100. The first-order valence-electron chi connectivity index (χ1n) is 0.765. The Balaban J connectivity index is -0.0000000400. The van der Waals surface area contributed by atoms with Gasteiger partial charge < -0.3 is 9.79 Å². The minimum atomic E-state index is -0.833. The smallest absolute Gasteiger partial charge is 0.310 e. The molecule has 0 unspecified atom stereocenters. The molecule has 0 aliphatic rings. The summed E-state index contributed by atoms with van der Waals surface area (Å²) < 4.78 is 16.9. The normalized spacial score (nSPS) is 6.00. The molecule has 0 aromatic carbocycles. The third kappa shape index (κ3) is 87.1. The maximum Gasteiger partial charge on any atom is 2.00 e. The van der Waals surface area contributed by atoms with Crippen molar-refractivity contribution in [3.8, 4) is 0 Å². The van der Waals surface area contributed by atoms with Crippen molar-refractivity contribution in [2.45, 2.75) is 0 Å². The first-order chi connectivity index (χ1) is 2.83. The van der Waals surface area contributed by atoms with Crippen LogP contribution in [0.3, 0.4) is 0 Å². The van der Waals surface area contributed by atoms with Crippen molar-refractivity contribution >= 4 is 66.3 Å². The van der Waals surface area contributed by atoms with E-state index in [0.29, 0.717) is 0 Å². The summed E-state index contributed by atoms with van der Waals surface area (Å²) in [4.78, 5) is 14.0. The summed E-state index contributed by atoms with van der Waals surface area (Å²) in [6.07, 6.45) is 0. The fourth-order valence-electron chi connectivity index (χ4n) is 0. The van der Waals surface area contributed by atoms with Crippen LogP contribution in [-0.4, -0.2) is 58.7 Å². The number of hydrogen-bond donors (Lipinski definition) is 2. The Labute approximate surface area is 84.0 Å². The summed E-state index contributed by atoms with van der Waals surface area (Å²) in [5.41, 5.74) is 0. The van der Waals surface area contributed by atoms with E-state index >= 15 is 0 Å². The Morgan fingerprint density at radius 2 is 1.00 bits per heavy atom. The Kier molecular flexibility index (Phi) is 57.3. The van der Waals surface area contributed by atoms with E-state index in [9.17, 15) is 0 Å². The van der Waals surface area contributed by atoms with Crippen LogP contribution in [0.1, 0.15) is 0 Å². The van der Waals surface area contributed by atoms with E-state index in [1.807, 2.05) is 0 Å². The maximum absolute atomic E-state index is 8.46. The fraction of sp³-hybridized carbons (Fsp3) is 0. The zero-order valence-electron chi connectivity index (χ0n) is 3.31. The zero-order valence-corrected chi connectivity index (χ0v) is 9.54. The van der Waals surface area contributed by atoms with Crippen LogP contribution in [0.25, 0.3) is 0 Å². The molecule has 0 saturated carbocycles. The summed E-state index contributed by atoms with van der Waals surface area (Å²) in [6.45, 7) is 0. The van der Waals surface area contributed by atoms with Crippen molar-refractivity contribution in [3.05, 3.63) is 0 Å². The largest absolute Gasteiger partial charge is 2.00 e. The molecule has 7 heavy (non-hydrogen) atoms. The molecule has 4 nitrogen and oxygen atoms in total. The molecule has 0 spiro atoms. The zero-order chi connectivity index (χ0) is 5.41. The van der Waals surface area contributed by atoms with E-state index in [1.54, 1.807) is 0 Å². The molecular formula is H2BaO4P2+2. The van der Waals surface area contributed by atoms with Gasteiger partial charge in [-0.3, -0.25) is 0 Å². The second-order valence-corrected chi connectivity index (χ2v) is 0.490. The summed E-state index contributed by atoms with van der Waals surface area (Å²) in [6, 6.07) is 0. The van der Waals surface area contributed by atoms with Crippen molar-refractivity contribution in [2.24, 2.45) is 0 Å².